The maximum Gasteiger partial charge on any atom is 0.222 e. The third kappa shape index (κ3) is 6.54. The molecular formula is C9H20N2O2. The van der Waals surface area contributed by atoms with Crippen molar-refractivity contribution in [1.29, 1.82) is 0 Å². The number of carbonyl (C=O) groups is 1. The molecule has 0 saturated carbocycles. The normalized spacial score (nSPS) is 13.9. The second-order valence-electron chi connectivity index (χ2n) is 4.01. The Kier molecular flexibility index (Phi) is 4.95. The van der Waals surface area contributed by atoms with Gasteiger partial charge in [-0.05, 0) is 26.8 Å². The van der Waals surface area contributed by atoms with E-state index in [1.54, 1.807) is 13.8 Å². The Morgan fingerprint density at radius 2 is 2.15 bits per heavy atom. The molecule has 1 amide bonds. The van der Waals surface area contributed by atoms with Crippen LogP contribution < -0.4 is 11.1 Å². The van der Waals surface area contributed by atoms with Crippen molar-refractivity contribution in [2.24, 2.45) is 11.7 Å². The summed E-state index contributed by atoms with van der Waals surface area (Å²) >= 11 is 0. The zero-order valence-corrected chi connectivity index (χ0v) is 8.63. The lowest BCUT2D eigenvalue weighted by Crippen LogP contribution is -2.40. The van der Waals surface area contributed by atoms with Crippen LogP contribution in [0, 0.1) is 5.92 Å². The first-order valence-corrected chi connectivity index (χ1v) is 4.57. The molecule has 0 rings (SSSR count). The van der Waals surface area contributed by atoms with Gasteiger partial charge in [0.2, 0.25) is 5.91 Å². The molecule has 4 N–H and O–H groups in total. The third-order valence-corrected chi connectivity index (χ3v) is 1.74. The second kappa shape index (κ2) is 5.19. The Bertz CT molecular complexity index is 163. The fraction of sp³-hybridized carbons (Fsp3) is 0.889. The number of carbonyl (C=O) groups excluding carboxylic acids is 1. The molecule has 1 atom stereocenters. The fourth-order valence-corrected chi connectivity index (χ4v) is 0.859. The molecule has 0 fully saturated rings. The van der Waals surface area contributed by atoms with Gasteiger partial charge >= 0.3 is 0 Å². The molecule has 1 unspecified atom stereocenters. The Morgan fingerprint density at radius 1 is 1.62 bits per heavy atom. The SMILES string of the molecule is CC(CCN)C(=O)NCC(C)(C)O. The summed E-state index contributed by atoms with van der Waals surface area (Å²) in [6, 6.07) is 0. The summed E-state index contributed by atoms with van der Waals surface area (Å²) in [5.74, 6) is -0.125. The average molecular weight is 188 g/mol. The largest absolute Gasteiger partial charge is 0.389 e. The van der Waals surface area contributed by atoms with Crippen molar-refractivity contribution in [3.05, 3.63) is 0 Å². The van der Waals surface area contributed by atoms with E-state index in [4.69, 9.17) is 5.73 Å². The molecule has 0 aromatic rings. The summed E-state index contributed by atoms with van der Waals surface area (Å²) in [7, 11) is 0. The van der Waals surface area contributed by atoms with Crippen molar-refractivity contribution < 1.29 is 9.90 Å². The van der Waals surface area contributed by atoms with E-state index in [9.17, 15) is 9.90 Å². The zero-order chi connectivity index (χ0) is 10.5. The number of amides is 1. The molecule has 0 radical (unpaired) electrons. The van der Waals surface area contributed by atoms with Gasteiger partial charge in [-0.25, -0.2) is 0 Å². The zero-order valence-electron chi connectivity index (χ0n) is 8.63. The molecule has 0 aliphatic heterocycles. The summed E-state index contributed by atoms with van der Waals surface area (Å²) < 4.78 is 0. The number of hydrogen-bond donors (Lipinski definition) is 3. The van der Waals surface area contributed by atoms with Crippen LogP contribution in [0.15, 0.2) is 0 Å². The predicted octanol–water partition coefficient (Wildman–Crippen LogP) is -0.142. The van der Waals surface area contributed by atoms with Gasteiger partial charge in [-0.1, -0.05) is 6.92 Å². The number of hydrogen-bond acceptors (Lipinski definition) is 3. The molecule has 0 aromatic carbocycles. The maximum atomic E-state index is 11.3. The molecule has 0 heterocycles. The van der Waals surface area contributed by atoms with Gasteiger partial charge in [0.25, 0.3) is 0 Å². The molecule has 0 aromatic heterocycles. The van der Waals surface area contributed by atoms with Crippen molar-refractivity contribution in [3.63, 3.8) is 0 Å². The van der Waals surface area contributed by atoms with Gasteiger partial charge in [0.05, 0.1) is 5.60 Å². The van der Waals surface area contributed by atoms with Crippen molar-refractivity contribution >= 4 is 5.91 Å². The van der Waals surface area contributed by atoms with Crippen LogP contribution in [0.25, 0.3) is 0 Å². The van der Waals surface area contributed by atoms with E-state index in [1.807, 2.05) is 6.92 Å². The smallest absolute Gasteiger partial charge is 0.222 e. The second-order valence-corrected chi connectivity index (χ2v) is 4.01. The van der Waals surface area contributed by atoms with Crippen LogP contribution in [0.5, 0.6) is 0 Å². The lowest BCUT2D eigenvalue weighted by atomic mass is 10.1. The molecule has 0 aliphatic carbocycles. The van der Waals surface area contributed by atoms with Gasteiger partial charge in [-0.2, -0.15) is 0 Å². The molecule has 4 nitrogen and oxygen atoms in total. The van der Waals surface area contributed by atoms with Crippen LogP contribution in [-0.2, 0) is 4.79 Å². The van der Waals surface area contributed by atoms with Crippen LogP contribution in [0.3, 0.4) is 0 Å². The van der Waals surface area contributed by atoms with Crippen LogP contribution in [-0.4, -0.2) is 29.7 Å². The monoisotopic (exact) mass is 188 g/mol. The summed E-state index contributed by atoms with van der Waals surface area (Å²) in [6.07, 6.45) is 0.678. The minimum absolute atomic E-state index is 0.0485. The Labute approximate surface area is 79.5 Å². The highest BCUT2D eigenvalue weighted by Crippen LogP contribution is 2.02. The highest BCUT2D eigenvalue weighted by atomic mass is 16.3. The van der Waals surface area contributed by atoms with Crippen LogP contribution >= 0.6 is 0 Å². The number of aliphatic hydroxyl groups is 1. The van der Waals surface area contributed by atoms with E-state index in [0.29, 0.717) is 13.0 Å². The third-order valence-electron chi connectivity index (χ3n) is 1.74. The first-order chi connectivity index (χ1) is 5.87. The van der Waals surface area contributed by atoms with Crippen LogP contribution in [0.1, 0.15) is 27.2 Å². The summed E-state index contributed by atoms with van der Waals surface area (Å²) in [5, 5.41) is 12.0. The first-order valence-electron chi connectivity index (χ1n) is 4.57. The molecule has 4 heteroatoms. The van der Waals surface area contributed by atoms with E-state index in [-0.39, 0.29) is 18.4 Å². The van der Waals surface area contributed by atoms with Crippen molar-refractivity contribution in [3.8, 4) is 0 Å². The van der Waals surface area contributed by atoms with Crippen LogP contribution in [0.2, 0.25) is 0 Å². The molecule has 78 valence electrons. The topological polar surface area (TPSA) is 75.4 Å². The predicted molar refractivity (Wildman–Crippen MR) is 52.1 cm³/mol. The van der Waals surface area contributed by atoms with Gasteiger partial charge in [0.1, 0.15) is 0 Å². The van der Waals surface area contributed by atoms with Crippen molar-refractivity contribution in [2.75, 3.05) is 13.1 Å². The van der Waals surface area contributed by atoms with Gasteiger partial charge in [0.15, 0.2) is 0 Å². The fourth-order valence-electron chi connectivity index (χ4n) is 0.859. The minimum atomic E-state index is -0.849. The maximum absolute atomic E-state index is 11.3. The Hall–Kier alpha value is -0.610. The van der Waals surface area contributed by atoms with Gasteiger partial charge in [-0.3, -0.25) is 4.79 Å². The average Bonchev–Trinajstić information content (AvgIpc) is 1.99. The van der Waals surface area contributed by atoms with Crippen LogP contribution in [0.4, 0.5) is 0 Å². The molecular weight excluding hydrogens is 168 g/mol. The number of nitrogens with two attached hydrogens (primary N) is 1. The summed E-state index contributed by atoms with van der Waals surface area (Å²) in [6.45, 7) is 5.92. The van der Waals surface area contributed by atoms with Gasteiger partial charge in [0, 0.05) is 12.5 Å². The minimum Gasteiger partial charge on any atom is -0.389 e. The quantitative estimate of drug-likeness (QED) is 0.562. The highest BCUT2D eigenvalue weighted by molar-refractivity contribution is 5.78. The Balaban J connectivity index is 3.74. The lowest BCUT2D eigenvalue weighted by Gasteiger charge is -2.19. The molecule has 0 bridgehead atoms. The standard InChI is InChI=1S/C9H20N2O2/c1-7(4-5-10)8(12)11-6-9(2,3)13/h7,13H,4-6,10H2,1-3H3,(H,11,12). The first kappa shape index (κ1) is 12.4. The van der Waals surface area contributed by atoms with Crippen molar-refractivity contribution in [2.45, 2.75) is 32.8 Å². The van der Waals surface area contributed by atoms with E-state index >= 15 is 0 Å². The Morgan fingerprint density at radius 3 is 2.54 bits per heavy atom. The van der Waals surface area contributed by atoms with E-state index in [2.05, 4.69) is 5.32 Å². The van der Waals surface area contributed by atoms with E-state index < -0.39 is 5.60 Å². The van der Waals surface area contributed by atoms with Gasteiger partial charge in [-0.15, -0.1) is 0 Å². The number of rotatable bonds is 5. The van der Waals surface area contributed by atoms with Crippen molar-refractivity contribution in [1.82, 2.24) is 5.32 Å². The lowest BCUT2D eigenvalue weighted by molar-refractivity contribution is -0.125. The highest BCUT2D eigenvalue weighted by Gasteiger charge is 2.16. The van der Waals surface area contributed by atoms with Gasteiger partial charge < -0.3 is 16.2 Å². The molecule has 13 heavy (non-hydrogen) atoms. The van der Waals surface area contributed by atoms with E-state index in [0.717, 1.165) is 0 Å². The molecule has 0 saturated heterocycles. The summed E-state index contributed by atoms with van der Waals surface area (Å²) in [4.78, 5) is 11.3. The summed E-state index contributed by atoms with van der Waals surface area (Å²) in [5.41, 5.74) is 4.47. The molecule has 0 aliphatic rings. The van der Waals surface area contributed by atoms with E-state index in [1.165, 1.54) is 0 Å². The molecule has 0 spiro atoms. The number of nitrogens with one attached hydrogen (secondary N) is 1.